The molecule has 2 heterocycles. The van der Waals surface area contributed by atoms with Crippen LogP contribution in [0.3, 0.4) is 0 Å². The zero-order valence-electron chi connectivity index (χ0n) is 33.0. The smallest absolute Gasteiger partial charge is 0.164 e. The first-order chi connectivity index (χ1) is 30.2. The summed E-state index contributed by atoms with van der Waals surface area (Å²) in [6.07, 6.45) is 0. The van der Waals surface area contributed by atoms with Crippen molar-refractivity contribution >= 4 is 0 Å². The van der Waals surface area contributed by atoms with Crippen molar-refractivity contribution in [2.45, 2.75) is 5.41 Å². The predicted octanol–water partition coefficient (Wildman–Crippen LogP) is 12.4. The highest BCUT2D eigenvalue weighted by atomic mass is 15.0. The SMILES string of the molecule is c1ccc(-c2nc(-c3ccccc3)nc(-c3ccc(C4(c5ccc(-c6nc(-c7ccccc7)nc(-c7ccccc7)n6)cc5)c5ccccc5-c5ccccc54)cc3)n2)cc1. The average molecular weight is 781 g/mol. The van der Waals surface area contributed by atoms with Gasteiger partial charge in [0, 0.05) is 33.4 Å². The summed E-state index contributed by atoms with van der Waals surface area (Å²) in [5.74, 6) is 3.77. The highest BCUT2D eigenvalue weighted by Gasteiger charge is 2.46. The Morgan fingerprint density at radius 1 is 0.213 bits per heavy atom. The van der Waals surface area contributed by atoms with Gasteiger partial charge in [-0.15, -0.1) is 0 Å². The summed E-state index contributed by atoms with van der Waals surface area (Å²) in [6.45, 7) is 0. The Morgan fingerprint density at radius 3 is 0.721 bits per heavy atom. The molecule has 286 valence electrons. The maximum absolute atomic E-state index is 5.02. The fourth-order valence-electron chi connectivity index (χ4n) is 8.64. The van der Waals surface area contributed by atoms with Gasteiger partial charge >= 0.3 is 0 Å². The van der Waals surface area contributed by atoms with Gasteiger partial charge in [-0.05, 0) is 33.4 Å². The van der Waals surface area contributed by atoms with Gasteiger partial charge in [0.2, 0.25) is 0 Å². The van der Waals surface area contributed by atoms with Gasteiger partial charge in [-0.1, -0.05) is 218 Å². The molecule has 0 radical (unpaired) electrons. The molecule has 0 unspecified atom stereocenters. The lowest BCUT2D eigenvalue weighted by Crippen LogP contribution is -2.28. The molecule has 0 amide bonds. The molecule has 6 nitrogen and oxygen atoms in total. The molecule has 0 bridgehead atoms. The van der Waals surface area contributed by atoms with E-state index in [1.165, 1.54) is 22.3 Å². The van der Waals surface area contributed by atoms with Crippen LogP contribution in [0.4, 0.5) is 0 Å². The minimum Gasteiger partial charge on any atom is -0.208 e. The first-order valence-corrected chi connectivity index (χ1v) is 20.4. The van der Waals surface area contributed by atoms with Crippen molar-refractivity contribution in [3.05, 3.63) is 241 Å². The second kappa shape index (κ2) is 15.2. The molecule has 0 fully saturated rings. The molecule has 0 saturated heterocycles. The third-order valence-electron chi connectivity index (χ3n) is 11.5. The van der Waals surface area contributed by atoms with E-state index in [0.717, 1.165) is 44.5 Å². The standard InChI is InChI=1S/C55H36N6/c1-5-17-37(18-6-1)49-56-50(38-19-7-2-8-20-38)59-53(58-49)41-29-33-43(34-30-41)55(47-27-15-13-25-45(47)46-26-14-16-28-48(46)55)44-35-31-42(32-36-44)54-60-51(39-21-9-3-10-22-39)57-52(61-54)40-23-11-4-12-24-40/h1-36H. The van der Waals surface area contributed by atoms with Crippen molar-refractivity contribution in [1.29, 1.82) is 0 Å². The molecule has 10 aromatic rings. The molecule has 6 heteroatoms. The van der Waals surface area contributed by atoms with E-state index in [9.17, 15) is 0 Å². The Hall–Kier alpha value is -8.22. The van der Waals surface area contributed by atoms with Crippen LogP contribution < -0.4 is 0 Å². The van der Waals surface area contributed by atoms with E-state index in [1.54, 1.807) is 0 Å². The fourth-order valence-corrected chi connectivity index (χ4v) is 8.64. The highest BCUT2D eigenvalue weighted by molar-refractivity contribution is 5.86. The van der Waals surface area contributed by atoms with E-state index in [0.29, 0.717) is 34.9 Å². The Labute approximate surface area is 354 Å². The summed E-state index contributed by atoms with van der Waals surface area (Å²) < 4.78 is 0. The maximum atomic E-state index is 5.02. The van der Waals surface area contributed by atoms with Crippen molar-refractivity contribution in [3.63, 3.8) is 0 Å². The van der Waals surface area contributed by atoms with Crippen molar-refractivity contribution < 1.29 is 0 Å². The second-order valence-electron chi connectivity index (χ2n) is 15.1. The van der Waals surface area contributed by atoms with Gasteiger partial charge in [0.1, 0.15) is 0 Å². The van der Waals surface area contributed by atoms with Crippen molar-refractivity contribution in [2.24, 2.45) is 0 Å². The molecule has 11 rings (SSSR count). The lowest BCUT2D eigenvalue weighted by atomic mass is 9.67. The number of aromatic nitrogens is 6. The van der Waals surface area contributed by atoms with Crippen molar-refractivity contribution in [2.75, 3.05) is 0 Å². The molecule has 1 aliphatic rings. The maximum Gasteiger partial charge on any atom is 0.164 e. The Morgan fingerprint density at radius 2 is 0.443 bits per heavy atom. The zero-order valence-corrected chi connectivity index (χ0v) is 33.0. The number of hydrogen-bond donors (Lipinski definition) is 0. The van der Waals surface area contributed by atoms with Gasteiger partial charge in [-0.2, -0.15) is 0 Å². The van der Waals surface area contributed by atoms with Crippen LogP contribution in [0.25, 0.3) is 79.5 Å². The lowest BCUT2D eigenvalue weighted by Gasteiger charge is -2.34. The molecule has 0 N–H and O–H groups in total. The third-order valence-corrected chi connectivity index (χ3v) is 11.5. The molecular weight excluding hydrogens is 745 g/mol. The van der Waals surface area contributed by atoms with E-state index in [-0.39, 0.29) is 0 Å². The van der Waals surface area contributed by atoms with Gasteiger partial charge in [-0.3, -0.25) is 0 Å². The molecule has 2 aromatic heterocycles. The third kappa shape index (κ3) is 6.38. The minimum absolute atomic E-state index is 0.614. The molecule has 1 aliphatic carbocycles. The number of nitrogens with zero attached hydrogens (tertiary/aromatic N) is 6. The topological polar surface area (TPSA) is 77.3 Å². The Balaban J connectivity index is 1.05. The number of rotatable bonds is 8. The van der Waals surface area contributed by atoms with Gasteiger partial charge in [0.05, 0.1) is 5.41 Å². The molecule has 0 spiro atoms. The highest BCUT2D eigenvalue weighted by Crippen LogP contribution is 2.56. The number of benzene rings is 8. The molecule has 0 atom stereocenters. The van der Waals surface area contributed by atoms with Crippen LogP contribution in [-0.4, -0.2) is 29.9 Å². The van der Waals surface area contributed by atoms with Crippen molar-refractivity contribution in [1.82, 2.24) is 29.9 Å². The van der Waals surface area contributed by atoms with Gasteiger partial charge < -0.3 is 0 Å². The Bertz CT molecular complexity index is 2820. The van der Waals surface area contributed by atoms with Crippen LogP contribution >= 0.6 is 0 Å². The summed E-state index contributed by atoms with van der Waals surface area (Å²) in [7, 11) is 0. The van der Waals surface area contributed by atoms with E-state index in [1.807, 2.05) is 121 Å². The average Bonchev–Trinajstić information content (AvgIpc) is 3.66. The quantitative estimate of drug-likeness (QED) is 0.153. The van der Waals surface area contributed by atoms with Crippen molar-refractivity contribution in [3.8, 4) is 79.5 Å². The van der Waals surface area contributed by atoms with E-state index >= 15 is 0 Å². The molecule has 61 heavy (non-hydrogen) atoms. The van der Waals surface area contributed by atoms with Gasteiger partial charge in [0.15, 0.2) is 34.9 Å². The number of hydrogen-bond acceptors (Lipinski definition) is 6. The van der Waals surface area contributed by atoms with Crippen LogP contribution in [0.15, 0.2) is 218 Å². The minimum atomic E-state index is -0.614. The normalized spacial score (nSPS) is 12.4. The fraction of sp³-hybridized carbons (Fsp3) is 0.0182. The van der Waals surface area contributed by atoms with Crippen LogP contribution in [0.1, 0.15) is 22.3 Å². The van der Waals surface area contributed by atoms with E-state index < -0.39 is 5.41 Å². The summed E-state index contributed by atoms with van der Waals surface area (Å²) in [5, 5.41) is 0. The molecule has 0 aliphatic heterocycles. The summed E-state index contributed by atoms with van der Waals surface area (Å²) in [4.78, 5) is 29.9. The largest absolute Gasteiger partial charge is 0.208 e. The van der Waals surface area contributed by atoms with E-state index in [4.69, 9.17) is 29.9 Å². The van der Waals surface area contributed by atoms with Gasteiger partial charge in [-0.25, -0.2) is 29.9 Å². The van der Waals surface area contributed by atoms with Gasteiger partial charge in [0.25, 0.3) is 0 Å². The van der Waals surface area contributed by atoms with Crippen LogP contribution in [0.5, 0.6) is 0 Å². The second-order valence-corrected chi connectivity index (χ2v) is 15.1. The van der Waals surface area contributed by atoms with Crippen LogP contribution in [0.2, 0.25) is 0 Å². The molecule has 8 aromatic carbocycles. The monoisotopic (exact) mass is 780 g/mol. The number of fused-ring (bicyclic) bond motifs is 3. The Kier molecular flexibility index (Phi) is 8.94. The predicted molar refractivity (Wildman–Crippen MR) is 243 cm³/mol. The molecular formula is C55H36N6. The van der Waals surface area contributed by atoms with E-state index in [2.05, 4.69) is 97.1 Å². The summed E-state index contributed by atoms with van der Waals surface area (Å²) in [6, 6.07) is 75.4. The summed E-state index contributed by atoms with van der Waals surface area (Å²) in [5.41, 5.74) is 12.1. The first-order valence-electron chi connectivity index (χ1n) is 20.4. The zero-order chi connectivity index (χ0) is 40.6. The van der Waals surface area contributed by atoms with Crippen LogP contribution in [-0.2, 0) is 5.41 Å². The van der Waals surface area contributed by atoms with Crippen LogP contribution in [0, 0.1) is 0 Å². The molecule has 0 saturated carbocycles. The lowest BCUT2D eigenvalue weighted by molar-refractivity contribution is 0.768. The first kappa shape index (κ1) is 35.9. The summed E-state index contributed by atoms with van der Waals surface area (Å²) >= 11 is 0.